The number of ether oxygens (including phenoxy) is 2. The molecule has 0 aromatic heterocycles. The van der Waals surface area contributed by atoms with Crippen molar-refractivity contribution in [3.63, 3.8) is 0 Å². The fraction of sp³-hybridized carbons (Fsp3) is 0.900. The van der Waals surface area contributed by atoms with Crippen LogP contribution in [0.3, 0.4) is 0 Å². The highest BCUT2D eigenvalue weighted by molar-refractivity contribution is 5.73. The molecule has 0 aromatic carbocycles. The largest absolute Gasteiger partial charge is 0.544 e. The van der Waals surface area contributed by atoms with Crippen molar-refractivity contribution in [2.24, 2.45) is 11.8 Å². The molecule has 2 aliphatic heterocycles. The first-order chi connectivity index (χ1) is 16.5. The predicted molar refractivity (Wildman–Crippen MR) is 107 cm³/mol. The molecule has 0 amide bonds. The quantitative estimate of drug-likeness (QED) is 0.139. The number of aliphatic hydroxyl groups excluding tert-OH is 8. The summed E-state index contributed by atoms with van der Waals surface area (Å²) < 4.78 is 9.63. The molecule has 2 unspecified atom stereocenters. The molecule has 2 heterocycles. The fourth-order valence-electron chi connectivity index (χ4n) is 3.82. The first kappa shape index (κ1) is 32.5. The smallest absolute Gasteiger partial charge is 0.209 e. The van der Waals surface area contributed by atoms with Gasteiger partial charge in [0, 0.05) is 24.7 Å². The minimum Gasteiger partial charge on any atom is -0.544 e. The van der Waals surface area contributed by atoms with Gasteiger partial charge in [-0.2, -0.15) is 0 Å². The zero-order valence-corrected chi connectivity index (χ0v) is 19.5. The van der Waals surface area contributed by atoms with Gasteiger partial charge in [0.2, 0.25) is 11.6 Å². The van der Waals surface area contributed by atoms with Crippen LogP contribution >= 0.6 is 0 Å². The highest BCUT2D eigenvalue weighted by Crippen LogP contribution is 2.34. The van der Waals surface area contributed by atoms with Gasteiger partial charge in [0.25, 0.3) is 0 Å². The summed E-state index contributed by atoms with van der Waals surface area (Å²) >= 11 is 0. The lowest BCUT2D eigenvalue weighted by molar-refractivity contribution is -0.377. The Morgan fingerprint density at radius 1 is 0.778 bits per heavy atom. The number of carbonyl (C=O) groups excluding carboxylic acids is 2. The maximum Gasteiger partial charge on any atom is 0.209 e. The Morgan fingerprint density at radius 3 is 1.28 bits per heavy atom. The first-order valence-corrected chi connectivity index (χ1v) is 11.0. The number of carbonyl (C=O) groups is 2. The van der Waals surface area contributed by atoms with Crippen LogP contribution in [0.25, 0.3) is 0 Å². The third kappa shape index (κ3) is 7.27. The van der Waals surface area contributed by atoms with Gasteiger partial charge in [0.05, 0.1) is 37.6 Å². The van der Waals surface area contributed by atoms with Gasteiger partial charge in [0.1, 0.15) is 36.4 Å². The van der Waals surface area contributed by atoms with Crippen molar-refractivity contribution in [2.75, 3.05) is 13.2 Å². The van der Waals surface area contributed by atoms with E-state index in [0.717, 1.165) is 0 Å². The molecule has 36 heavy (non-hydrogen) atoms. The number of aliphatic hydroxyl groups is 10. The van der Waals surface area contributed by atoms with Crippen LogP contribution in [-0.2, 0) is 19.1 Å². The zero-order valence-electron chi connectivity index (χ0n) is 19.5. The lowest BCUT2D eigenvalue weighted by atomic mass is 9.85. The van der Waals surface area contributed by atoms with Crippen molar-refractivity contribution in [2.45, 2.75) is 87.1 Å². The monoisotopic (exact) mass is 530 g/mol. The van der Waals surface area contributed by atoms with E-state index in [-0.39, 0.29) is 0 Å². The van der Waals surface area contributed by atoms with E-state index in [2.05, 4.69) is 0 Å². The van der Waals surface area contributed by atoms with Crippen LogP contribution in [0, 0.1) is 11.8 Å². The van der Waals surface area contributed by atoms with Crippen molar-refractivity contribution in [3.8, 4) is 0 Å². The summed E-state index contributed by atoms with van der Waals surface area (Å²) in [6.45, 7) is 1.37. The maximum absolute atomic E-state index is 10.7. The molecule has 0 aliphatic carbocycles. The highest BCUT2D eigenvalue weighted by Gasteiger charge is 2.49. The number of carboxylic acids is 2. The van der Waals surface area contributed by atoms with Gasteiger partial charge < -0.3 is 80.3 Å². The van der Waals surface area contributed by atoms with Crippen molar-refractivity contribution < 1.29 is 80.3 Å². The molecule has 0 aromatic rings. The number of hydrogen-bond acceptors (Lipinski definition) is 16. The number of hydrogen-bond donors (Lipinski definition) is 10. The highest BCUT2D eigenvalue weighted by atomic mass is 16.7. The van der Waals surface area contributed by atoms with E-state index in [9.17, 15) is 60.7 Å². The van der Waals surface area contributed by atoms with Gasteiger partial charge in [-0.1, -0.05) is 13.8 Å². The van der Waals surface area contributed by atoms with Crippen LogP contribution in [-0.4, -0.2) is 137 Å². The molecule has 12 atom stereocenters. The fourth-order valence-corrected chi connectivity index (χ4v) is 3.82. The Labute approximate surface area is 205 Å². The zero-order chi connectivity index (χ0) is 28.2. The third-order valence-electron chi connectivity index (χ3n) is 6.36. The molecule has 16 heteroatoms. The first-order valence-electron chi connectivity index (χ1n) is 11.0. The van der Waals surface area contributed by atoms with E-state index in [0.29, 0.717) is 0 Å². The average molecular weight is 530 g/mol. The molecule has 2 rings (SSSR count). The lowest BCUT2D eigenvalue weighted by Gasteiger charge is -2.45. The number of rotatable bonds is 8. The Morgan fingerprint density at radius 2 is 1.06 bits per heavy atom. The summed E-state index contributed by atoms with van der Waals surface area (Å²) in [4.78, 5) is 21.5. The summed E-state index contributed by atoms with van der Waals surface area (Å²) in [5, 5.41) is 115. The van der Waals surface area contributed by atoms with Gasteiger partial charge in [-0.3, -0.25) is 0 Å². The lowest BCUT2D eigenvalue weighted by Crippen LogP contribution is -2.63. The molecular weight excluding hydrogens is 496 g/mol. The topological polar surface area (TPSA) is 301 Å². The van der Waals surface area contributed by atoms with E-state index in [1.165, 1.54) is 13.8 Å². The van der Waals surface area contributed by atoms with Crippen LogP contribution < -0.4 is 10.2 Å². The van der Waals surface area contributed by atoms with Crippen molar-refractivity contribution in [1.29, 1.82) is 0 Å². The molecule has 212 valence electrons. The molecule has 10 N–H and O–H groups in total. The van der Waals surface area contributed by atoms with E-state index in [4.69, 9.17) is 19.7 Å². The second-order valence-corrected chi connectivity index (χ2v) is 9.05. The second kappa shape index (κ2) is 12.8. The molecule has 0 saturated carbocycles. The van der Waals surface area contributed by atoms with Gasteiger partial charge >= 0.3 is 0 Å². The molecule has 0 radical (unpaired) electrons. The van der Waals surface area contributed by atoms with Crippen molar-refractivity contribution in [1.82, 2.24) is 0 Å². The molecule has 0 spiro atoms. The Hall–Kier alpha value is -1.54. The van der Waals surface area contributed by atoms with E-state index < -0.39 is 110 Å². The predicted octanol–water partition coefficient (Wildman–Crippen LogP) is -8.15. The van der Waals surface area contributed by atoms with E-state index in [1.54, 1.807) is 0 Å². The summed E-state index contributed by atoms with van der Waals surface area (Å²) in [6.07, 6.45) is -12.9. The van der Waals surface area contributed by atoms with Crippen LogP contribution in [0.2, 0.25) is 0 Å². The molecular formula is C20H34O16-2. The second-order valence-electron chi connectivity index (χ2n) is 9.05. The van der Waals surface area contributed by atoms with Crippen molar-refractivity contribution >= 4 is 11.9 Å². The molecule has 2 fully saturated rings. The summed E-state index contributed by atoms with van der Waals surface area (Å²) in [5.74, 6) is -10.8. The summed E-state index contributed by atoms with van der Waals surface area (Å²) in [7, 11) is 0. The standard InChI is InChI=1S/2C10H18O8/c2*1-4-5(12)2-10(17,9(15)16)18-8(4)7(14)6(13)3-11/h2*4-8,11-14,17H,2-3H2,1H3,(H,15,16)/p-2/t4-,5-,6-,7+,8?,10+;4-,5-,6-,7+,8?,10-/m11/s1. The minimum absolute atomic E-state index is 0.602. The van der Waals surface area contributed by atoms with Gasteiger partial charge in [-0.25, -0.2) is 0 Å². The van der Waals surface area contributed by atoms with E-state index >= 15 is 0 Å². The molecule has 2 aliphatic rings. The van der Waals surface area contributed by atoms with Gasteiger partial charge in [-0.05, 0) is 0 Å². The van der Waals surface area contributed by atoms with Crippen molar-refractivity contribution in [3.05, 3.63) is 0 Å². The average Bonchev–Trinajstić information content (AvgIpc) is 2.81. The normalized spacial score (nSPS) is 40.2. The Bertz CT molecular complexity index is 677. The Kier molecular flexibility index (Phi) is 11.6. The maximum atomic E-state index is 10.7. The third-order valence-corrected chi connectivity index (χ3v) is 6.36. The molecule has 2 saturated heterocycles. The summed E-state index contributed by atoms with van der Waals surface area (Å²) in [5.41, 5.74) is 0. The van der Waals surface area contributed by atoms with Crippen LogP contribution in [0.4, 0.5) is 0 Å². The van der Waals surface area contributed by atoms with Gasteiger partial charge in [0.15, 0.2) is 0 Å². The van der Waals surface area contributed by atoms with Crippen LogP contribution in [0.15, 0.2) is 0 Å². The molecule has 16 nitrogen and oxygen atoms in total. The van der Waals surface area contributed by atoms with E-state index in [1.807, 2.05) is 0 Å². The van der Waals surface area contributed by atoms with Crippen LogP contribution in [0.5, 0.6) is 0 Å². The number of carboxylic acid groups (broad SMARTS) is 2. The van der Waals surface area contributed by atoms with Crippen LogP contribution in [0.1, 0.15) is 26.7 Å². The van der Waals surface area contributed by atoms with Gasteiger partial charge in [-0.15, -0.1) is 0 Å². The Balaban J connectivity index is 0.000000360. The summed E-state index contributed by atoms with van der Waals surface area (Å²) in [6, 6.07) is 0. The minimum atomic E-state index is -2.73. The SMILES string of the molecule is C[C@H]1C([C@@H](O)[C@H](O)CO)O[C@@](O)(C(=O)[O-])C[C@H]1O.C[C@H]1C([C@@H](O)[C@H](O)CO)O[C@](O)(C(=O)[O-])C[C@H]1O. The molecule has 0 bridgehead atoms. The number of aliphatic carboxylic acids is 2.